The van der Waals surface area contributed by atoms with Gasteiger partial charge in [-0.2, -0.15) is 5.10 Å². The molecule has 2 heterocycles. The summed E-state index contributed by atoms with van der Waals surface area (Å²) >= 11 is 3.51. The third-order valence-corrected chi connectivity index (χ3v) is 6.08. The molecule has 1 aliphatic rings. The van der Waals surface area contributed by atoms with Crippen LogP contribution in [0.2, 0.25) is 0 Å². The average Bonchev–Trinajstić information content (AvgIpc) is 3.10. The maximum atomic E-state index is 13.3. The first-order chi connectivity index (χ1) is 14.6. The third-order valence-electron chi connectivity index (χ3n) is 5.55. The van der Waals surface area contributed by atoms with Crippen LogP contribution in [0.25, 0.3) is 5.69 Å². The molecule has 0 saturated carbocycles. The summed E-state index contributed by atoms with van der Waals surface area (Å²) in [4.78, 5) is 13.3. The second-order valence-electron chi connectivity index (χ2n) is 7.39. The van der Waals surface area contributed by atoms with E-state index in [1.807, 2.05) is 79.7 Å². The van der Waals surface area contributed by atoms with Crippen LogP contribution in [0.5, 0.6) is 5.88 Å². The highest BCUT2D eigenvalue weighted by Gasteiger charge is 2.43. The summed E-state index contributed by atoms with van der Waals surface area (Å²) < 4.78 is 8.66. The van der Waals surface area contributed by atoms with Gasteiger partial charge in [-0.15, -0.1) is 0 Å². The lowest BCUT2D eigenvalue weighted by Crippen LogP contribution is -2.31. The molecule has 0 radical (unpaired) electrons. The summed E-state index contributed by atoms with van der Waals surface area (Å²) in [5.41, 5.74) is 4.67. The van der Waals surface area contributed by atoms with Gasteiger partial charge in [-0.3, -0.25) is 4.79 Å². The van der Waals surface area contributed by atoms with Gasteiger partial charge >= 0.3 is 5.97 Å². The molecule has 0 saturated heterocycles. The van der Waals surface area contributed by atoms with Crippen molar-refractivity contribution in [3.05, 3.63) is 112 Å². The predicted molar refractivity (Wildman–Crippen MR) is 119 cm³/mol. The van der Waals surface area contributed by atoms with Crippen molar-refractivity contribution >= 4 is 21.9 Å². The Morgan fingerprint density at radius 1 is 0.833 bits per heavy atom. The average molecular weight is 459 g/mol. The molecule has 0 N–H and O–H groups in total. The molecule has 0 bridgehead atoms. The van der Waals surface area contributed by atoms with Gasteiger partial charge in [0.25, 0.3) is 0 Å². The zero-order valence-electron chi connectivity index (χ0n) is 16.3. The number of ether oxygens (including phenoxy) is 1. The van der Waals surface area contributed by atoms with E-state index < -0.39 is 5.92 Å². The standard InChI is InChI=1S/C25H19BrN2O2/c1-16-21-22(18-12-14-19(26)15-13-18)23(17-8-4-2-5-9-17)25(29)30-24(21)28(27-16)20-10-6-3-7-11-20/h2-15,22-23H,1H3/t22-,23+/m1/s1. The number of halogens is 1. The summed E-state index contributed by atoms with van der Waals surface area (Å²) in [5.74, 6) is -0.385. The molecule has 0 fully saturated rings. The molecule has 1 aromatic heterocycles. The van der Waals surface area contributed by atoms with E-state index in [0.717, 1.165) is 32.5 Å². The Labute approximate surface area is 183 Å². The number of carbonyl (C=O) groups excluding carboxylic acids is 1. The molecular formula is C25H19BrN2O2. The number of aryl methyl sites for hydroxylation is 1. The second-order valence-corrected chi connectivity index (χ2v) is 8.31. The van der Waals surface area contributed by atoms with Gasteiger partial charge in [0.2, 0.25) is 5.88 Å². The van der Waals surface area contributed by atoms with Gasteiger partial charge in [0.05, 0.1) is 17.3 Å². The van der Waals surface area contributed by atoms with Crippen LogP contribution in [-0.4, -0.2) is 15.7 Å². The summed E-state index contributed by atoms with van der Waals surface area (Å²) in [7, 11) is 0. The minimum Gasteiger partial charge on any atom is -0.407 e. The molecule has 0 unspecified atom stereocenters. The minimum atomic E-state index is -0.438. The van der Waals surface area contributed by atoms with Crippen LogP contribution in [0, 0.1) is 6.92 Å². The quantitative estimate of drug-likeness (QED) is 0.365. The van der Waals surface area contributed by atoms with Crippen molar-refractivity contribution in [3.8, 4) is 11.6 Å². The number of nitrogens with zero attached hydrogens (tertiary/aromatic N) is 2. The third kappa shape index (κ3) is 3.15. The Kier molecular flexibility index (Phi) is 4.75. The Hall–Kier alpha value is -3.18. The van der Waals surface area contributed by atoms with Crippen LogP contribution in [0.4, 0.5) is 0 Å². The number of benzene rings is 3. The number of esters is 1. The Morgan fingerprint density at radius 3 is 2.10 bits per heavy atom. The minimum absolute atomic E-state index is 0.186. The molecule has 5 rings (SSSR count). The highest BCUT2D eigenvalue weighted by atomic mass is 79.9. The van der Waals surface area contributed by atoms with Crippen LogP contribution in [0.1, 0.15) is 34.2 Å². The highest BCUT2D eigenvalue weighted by Crippen LogP contribution is 2.48. The molecule has 2 atom stereocenters. The number of fused-ring (bicyclic) bond motifs is 1. The summed E-state index contributed by atoms with van der Waals surface area (Å²) in [6.45, 7) is 1.98. The van der Waals surface area contributed by atoms with E-state index >= 15 is 0 Å². The van der Waals surface area contributed by atoms with E-state index in [4.69, 9.17) is 9.84 Å². The first-order valence-electron chi connectivity index (χ1n) is 9.80. The lowest BCUT2D eigenvalue weighted by molar-refractivity contribution is -0.138. The Bertz CT molecular complexity index is 1200. The number of hydrogen-bond acceptors (Lipinski definition) is 3. The maximum absolute atomic E-state index is 13.3. The molecule has 0 amide bonds. The normalized spacial score (nSPS) is 18.0. The molecule has 5 heteroatoms. The smallest absolute Gasteiger partial charge is 0.321 e. The van der Waals surface area contributed by atoms with Gasteiger partial charge in [-0.1, -0.05) is 76.6 Å². The molecule has 4 nitrogen and oxygen atoms in total. The van der Waals surface area contributed by atoms with E-state index in [1.54, 1.807) is 4.68 Å². The van der Waals surface area contributed by atoms with Crippen molar-refractivity contribution < 1.29 is 9.53 Å². The highest BCUT2D eigenvalue weighted by molar-refractivity contribution is 9.10. The van der Waals surface area contributed by atoms with Crippen molar-refractivity contribution in [1.82, 2.24) is 9.78 Å². The van der Waals surface area contributed by atoms with E-state index in [0.29, 0.717) is 5.88 Å². The second kappa shape index (κ2) is 7.58. The summed E-state index contributed by atoms with van der Waals surface area (Å²) in [5, 5.41) is 4.75. The van der Waals surface area contributed by atoms with Crippen LogP contribution in [0.15, 0.2) is 89.4 Å². The molecular weight excluding hydrogens is 440 g/mol. The molecule has 30 heavy (non-hydrogen) atoms. The number of carbonyl (C=O) groups is 1. The van der Waals surface area contributed by atoms with Crippen molar-refractivity contribution in [2.75, 3.05) is 0 Å². The number of hydrogen-bond donors (Lipinski definition) is 0. The van der Waals surface area contributed by atoms with Crippen LogP contribution in [-0.2, 0) is 4.79 Å². The Balaban J connectivity index is 1.74. The maximum Gasteiger partial charge on any atom is 0.321 e. The van der Waals surface area contributed by atoms with Crippen molar-refractivity contribution in [2.24, 2.45) is 0 Å². The van der Waals surface area contributed by atoms with Crippen molar-refractivity contribution in [2.45, 2.75) is 18.8 Å². The van der Waals surface area contributed by atoms with Gasteiger partial charge < -0.3 is 4.74 Å². The van der Waals surface area contributed by atoms with Crippen LogP contribution in [0.3, 0.4) is 0 Å². The molecule has 0 spiro atoms. The van der Waals surface area contributed by atoms with Gasteiger partial charge in [0, 0.05) is 16.0 Å². The largest absolute Gasteiger partial charge is 0.407 e. The molecule has 4 aromatic rings. The predicted octanol–water partition coefficient (Wildman–Crippen LogP) is 5.78. The van der Waals surface area contributed by atoms with Gasteiger partial charge in [0.1, 0.15) is 0 Å². The Morgan fingerprint density at radius 2 is 1.43 bits per heavy atom. The summed E-state index contributed by atoms with van der Waals surface area (Å²) in [6, 6.07) is 27.7. The van der Waals surface area contributed by atoms with E-state index in [1.165, 1.54) is 0 Å². The van der Waals surface area contributed by atoms with Gasteiger partial charge in [-0.25, -0.2) is 4.68 Å². The topological polar surface area (TPSA) is 44.1 Å². The lowest BCUT2D eigenvalue weighted by atomic mass is 9.76. The molecule has 0 aliphatic carbocycles. The fourth-order valence-electron chi connectivity index (χ4n) is 4.20. The van der Waals surface area contributed by atoms with Gasteiger partial charge in [0.15, 0.2) is 0 Å². The fourth-order valence-corrected chi connectivity index (χ4v) is 4.46. The molecule has 148 valence electrons. The monoisotopic (exact) mass is 458 g/mol. The number of aromatic nitrogens is 2. The van der Waals surface area contributed by atoms with Crippen LogP contribution < -0.4 is 4.74 Å². The molecule has 1 aliphatic heterocycles. The first kappa shape index (κ1) is 18.8. The van der Waals surface area contributed by atoms with E-state index in [9.17, 15) is 4.79 Å². The first-order valence-corrected chi connectivity index (χ1v) is 10.6. The molecule has 3 aromatic carbocycles. The number of rotatable bonds is 3. The lowest BCUT2D eigenvalue weighted by Gasteiger charge is -2.31. The zero-order chi connectivity index (χ0) is 20.7. The van der Waals surface area contributed by atoms with E-state index in [-0.39, 0.29) is 11.9 Å². The van der Waals surface area contributed by atoms with Gasteiger partial charge in [-0.05, 0) is 42.3 Å². The zero-order valence-corrected chi connectivity index (χ0v) is 17.9. The van der Waals surface area contributed by atoms with E-state index in [2.05, 4.69) is 28.1 Å². The van der Waals surface area contributed by atoms with Crippen LogP contribution >= 0.6 is 15.9 Å². The number of para-hydroxylation sites is 1. The SMILES string of the molecule is Cc1nn(-c2ccccc2)c2c1[C@@H](c1ccc(Br)cc1)[C@H](c1ccccc1)C(=O)O2. The fraction of sp³-hybridized carbons (Fsp3) is 0.120. The van der Waals surface area contributed by atoms with Crippen molar-refractivity contribution in [1.29, 1.82) is 0 Å². The van der Waals surface area contributed by atoms with Crippen molar-refractivity contribution in [3.63, 3.8) is 0 Å². The summed E-state index contributed by atoms with van der Waals surface area (Å²) in [6.07, 6.45) is 0.